The Hall–Kier alpha value is -0.930. The van der Waals surface area contributed by atoms with Gasteiger partial charge in [-0.2, -0.15) is 0 Å². The number of rotatable bonds is 1. The van der Waals surface area contributed by atoms with E-state index in [0.29, 0.717) is 10.0 Å². The number of carbonyl (C=O) groups excluding carboxylic acids is 1. The van der Waals surface area contributed by atoms with Gasteiger partial charge >= 0.3 is 0 Å². The summed E-state index contributed by atoms with van der Waals surface area (Å²) in [5.74, 6) is -0.0164. The molecule has 0 radical (unpaired) electrons. The molecule has 13 heavy (non-hydrogen) atoms. The SMILES string of the molecule is CC(=O)c1nc2c(Cl)cccc2s1. The molecule has 0 aliphatic heterocycles. The molecule has 0 N–H and O–H groups in total. The van der Waals surface area contributed by atoms with Gasteiger partial charge in [0.2, 0.25) is 0 Å². The smallest absolute Gasteiger partial charge is 0.188 e. The van der Waals surface area contributed by atoms with E-state index in [4.69, 9.17) is 11.6 Å². The highest BCUT2D eigenvalue weighted by Gasteiger charge is 2.09. The summed E-state index contributed by atoms with van der Waals surface area (Å²) in [5, 5.41) is 1.12. The number of benzene rings is 1. The van der Waals surface area contributed by atoms with Crippen LogP contribution < -0.4 is 0 Å². The highest BCUT2D eigenvalue weighted by atomic mass is 35.5. The number of nitrogens with zero attached hydrogens (tertiary/aromatic N) is 1. The number of Topliss-reactive ketones (excluding diaryl/α,β-unsaturated/α-hetero) is 1. The van der Waals surface area contributed by atoms with Crippen molar-refractivity contribution in [1.29, 1.82) is 0 Å². The molecule has 0 aliphatic carbocycles. The molecular formula is C9H6ClNOS. The molecule has 0 saturated carbocycles. The first kappa shape index (κ1) is 8.66. The van der Waals surface area contributed by atoms with Gasteiger partial charge in [0.25, 0.3) is 0 Å². The quantitative estimate of drug-likeness (QED) is 0.679. The fourth-order valence-electron chi connectivity index (χ4n) is 1.07. The second-order valence-corrected chi connectivity index (χ2v) is 4.10. The molecule has 4 heteroatoms. The summed E-state index contributed by atoms with van der Waals surface area (Å²) in [5.41, 5.74) is 0.722. The Morgan fingerprint density at radius 1 is 1.54 bits per heavy atom. The maximum atomic E-state index is 11.0. The predicted octanol–water partition coefficient (Wildman–Crippen LogP) is 3.15. The number of hydrogen-bond acceptors (Lipinski definition) is 3. The Morgan fingerprint density at radius 2 is 2.31 bits per heavy atom. The third kappa shape index (κ3) is 1.45. The van der Waals surface area contributed by atoms with Crippen LogP contribution in [0.1, 0.15) is 16.7 Å². The van der Waals surface area contributed by atoms with Crippen molar-refractivity contribution in [3.63, 3.8) is 0 Å². The van der Waals surface area contributed by atoms with Gasteiger partial charge in [-0.1, -0.05) is 17.7 Å². The first-order valence-corrected chi connectivity index (χ1v) is 4.94. The van der Waals surface area contributed by atoms with E-state index < -0.39 is 0 Å². The van der Waals surface area contributed by atoms with Crippen LogP contribution in [-0.2, 0) is 0 Å². The molecule has 0 spiro atoms. The van der Waals surface area contributed by atoms with Crippen molar-refractivity contribution in [1.82, 2.24) is 4.98 Å². The van der Waals surface area contributed by atoms with Crippen LogP contribution >= 0.6 is 22.9 Å². The molecule has 0 amide bonds. The third-order valence-electron chi connectivity index (χ3n) is 1.67. The lowest BCUT2D eigenvalue weighted by molar-refractivity contribution is 0.101. The number of aromatic nitrogens is 1. The Balaban J connectivity index is 2.75. The summed E-state index contributed by atoms with van der Waals surface area (Å²) in [4.78, 5) is 15.2. The van der Waals surface area contributed by atoms with Crippen LogP contribution in [0.5, 0.6) is 0 Å². The van der Waals surface area contributed by atoms with Crippen molar-refractivity contribution in [3.8, 4) is 0 Å². The molecule has 1 heterocycles. The zero-order valence-corrected chi connectivity index (χ0v) is 8.45. The van der Waals surface area contributed by atoms with Gasteiger partial charge in [-0.05, 0) is 12.1 Å². The molecule has 2 rings (SSSR count). The minimum Gasteiger partial charge on any atom is -0.292 e. The van der Waals surface area contributed by atoms with Crippen molar-refractivity contribution in [2.45, 2.75) is 6.92 Å². The summed E-state index contributed by atoms with van der Waals surface area (Å²) in [6.07, 6.45) is 0. The molecule has 0 aliphatic rings. The maximum absolute atomic E-state index is 11.0. The molecular weight excluding hydrogens is 206 g/mol. The number of thiazole rings is 1. The van der Waals surface area contributed by atoms with Crippen LogP contribution in [0.4, 0.5) is 0 Å². The fraction of sp³-hybridized carbons (Fsp3) is 0.111. The summed E-state index contributed by atoms with van der Waals surface area (Å²) in [6.45, 7) is 1.51. The lowest BCUT2D eigenvalue weighted by atomic mass is 10.3. The molecule has 1 aromatic carbocycles. The van der Waals surface area contributed by atoms with Gasteiger partial charge in [0.05, 0.1) is 9.72 Å². The van der Waals surface area contributed by atoms with Gasteiger partial charge in [0.1, 0.15) is 5.52 Å². The van der Waals surface area contributed by atoms with Crippen LogP contribution in [0.25, 0.3) is 10.2 Å². The number of para-hydroxylation sites is 1. The minimum atomic E-state index is -0.0164. The van der Waals surface area contributed by atoms with E-state index >= 15 is 0 Å². The normalized spacial score (nSPS) is 10.6. The molecule has 66 valence electrons. The monoisotopic (exact) mass is 211 g/mol. The van der Waals surface area contributed by atoms with Crippen molar-refractivity contribution in [2.24, 2.45) is 0 Å². The zero-order valence-electron chi connectivity index (χ0n) is 6.87. The van der Waals surface area contributed by atoms with E-state index in [1.807, 2.05) is 12.1 Å². The number of ketones is 1. The summed E-state index contributed by atoms with van der Waals surface area (Å²) in [7, 11) is 0. The molecule has 2 aromatic rings. The van der Waals surface area contributed by atoms with Crippen molar-refractivity contribution >= 4 is 38.9 Å². The fourth-order valence-corrected chi connectivity index (χ4v) is 2.23. The van der Waals surface area contributed by atoms with Crippen LogP contribution in [0, 0.1) is 0 Å². The Labute approximate surface area is 84.2 Å². The Kier molecular flexibility index (Phi) is 2.06. The van der Waals surface area contributed by atoms with Crippen LogP contribution in [-0.4, -0.2) is 10.8 Å². The van der Waals surface area contributed by atoms with E-state index in [1.165, 1.54) is 18.3 Å². The lowest BCUT2D eigenvalue weighted by Crippen LogP contribution is -1.88. The average molecular weight is 212 g/mol. The van der Waals surface area contributed by atoms with E-state index in [0.717, 1.165) is 10.2 Å². The highest BCUT2D eigenvalue weighted by molar-refractivity contribution is 7.20. The number of carbonyl (C=O) groups is 1. The van der Waals surface area contributed by atoms with Crippen LogP contribution in [0.15, 0.2) is 18.2 Å². The van der Waals surface area contributed by atoms with Crippen molar-refractivity contribution in [2.75, 3.05) is 0 Å². The molecule has 0 fully saturated rings. The van der Waals surface area contributed by atoms with Gasteiger partial charge in [-0.25, -0.2) is 4.98 Å². The predicted molar refractivity (Wildman–Crippen MR) is 54.6 cm³/mol. The Bertz CT molecular complexity index is 477. The number of fused-ring (bicyclic) bond motifs is 1. The first-order chi connectivity index (χ1) is 6.18. The second-order valence-electron chi connectivity index (χ2n) is 2.66. The van der Waals surface area contributed by atoms with Crippen molar-refractivity contribution < 1.29 is 4.79 Å². The molecule has 0 bridgehead atoms. The van der Waals surface area contributed by atoms with Gasteiger partial charge in [-0.3, -0.25) is 4.79 Å². The van der Waals surface area contributed by atoms with E-state index in [1.54, 1.807) is 6.07 Å². The zero-order chi connectivity index (χ0) is 9.42. The maximum Gasteiger partial charge on any atom is 0.188 e. The molecule has 0 unspecified atom stereocenters. The largest absolute Gasteiger partial charge is 0.292 e. The molecule has 1 aromatic heterocycles. The summed E-state index contributed by atoms with van der Waals surface area (Å²) < 4.78 is 0.956. The Morgan fingerprint density at radius 3 is 2.92 bits per heavy atom. The molecule has 2 nitrogen and oxygen atoms in total. The third-order valence-corrected chi connectivity index (χ3v) is 3.10. The van der Waals surface area contributed by atoms with Crippen LogP contribution in [0.3, 0.4) is 0 Å². The van der Waals surface area contributed by atoms with Gasteiger partial charge < -0.3 is 0 Å². The topological polar surface area (TPSA) is 30.0 Å². The van der Waals surface area contributed by atoms with Gasteiger partial charge in [0, 0.05) is 6.92 Å². The van der Waals surface area contributed by atoms with E-state index in [9.17, 15) is 4.79 Å². The van der Waals surface area contributed by atoms with Gasteiger partial charge in [-0.15, -0.1) is 11.3 Å². The summed E-state index contributed by atoms with van der Waals surface area (Å²) in [6, 6.07) is 5.53. The minimum absolute atomic E-state index is 0.0164. The van der Waals surface area contributed by atoms with Gasteiger partial charge in [0.15, 0.2) is 10.8 Å². The highest BCUT2D eigenvalue weighted by Crippen LogP contribution is 2.27. The summed E-state index contributed by atoms with van der Waals surface area (Å²) >= 11 is 7.28. The van der Waals surface area contributed by atoms with Crippen molar-refractivity contribution in [3.05, 3.63) is 28.2 Å². The standard InChI is InChI=1S/C9H6ClNOS/c1-5(12)9-11-8-6(10)3-2-4-7(8)13-9/h2-4H,1H3. The molecule has 0 saturated heterocycles. The van der Waals surface area contributed by atoms with Crippen LogP contribution in [0.2, 0.25) is 5.02 Å². The van der Waals surface area contributed by atoms with E-state index in [-0.39, 0.29) is 5.78 Å². The molecule has 0 atom stereocenters. The first-order valence-electron chi connectivity index (χ1n) is 3.74. The number of halogens is 1. The second kappa shape index (κ2) is 3.09. The van der Waals surface area contributed by atoms with E-state index in [2.05, 4.69) is 4.98 Å². The lowest BCUT2D eigenvalue weighted by Gasteiger charge is -1.87. The number of hydrogen-bond donors (Lipinski definition) is 0. The average Bonchev–Trinajstić information content (AvgIpc) is 2.49.